The first-order chi connectivity index (χ1) is 13.9. The molecule has 0 saturated carbocycles. The summed E-state index contributed by atoms with van der Waals surface area (Å²) in [6.07, 6.45) is 1.88. The zero-order chi connectivity index (χ0) is 21.0. The van der Waals surface area contributed by atoms with Crippen molar-refractivity contribution in [2.75, 3.05) is 13.2 Å². The Morgan fingerprint density at radius 3 is 2.83 bits per heavy atom. The maximum absolute atomic E-state index is 12.7. The Morgan fingerprint density at radius 1 is 1.28 bits per heavy atom. The largest absolute Gasteiger partial charge is 0.493 e. The third-order valence-corrected chi connectivity index (χ3v) is 4.66. The number of halogens is 1. The van der Waals surface area contributed by atoms with Crippen molar-refractivity contribution in [1.82, 2.24) is 19.4 Å². The van der Waals surface area contributed by atoms with E-state index in [4.69, 9.17) is 16.3 Å². The predicted molar refractivity (Wildman–Crippen MR) is 111 cm³/mol. The number of hydrogen-bond donors (Lipinski definition) is 1. The topological polar surface area (TPSA) is 95.2 Å². The minimum Gasteiger partial charge on any atom is -0.493 e. The highest BCUT2D eigenvalue weighted by Crippen LogP contribution is 2.17. The van der Waals surface area contributed by atoms with E-state index in [2.05, 4.69) is 10.3 Å². The zero-order valence-corrected chi connectivity index (χ0v) is 16.9. The van der Waals surface area contributed by atoms with Crippen LogP contribution in [0.25, 0.3) is 11.0 Å². The van der Waals surface area contributed by atoms with Gasteiger partial charge in [0.1, 0.15) is 24.3 Å². The fourth-order valence-electron chi connectivity index (χ4n) is 2.91. The van der Waals surface area contributed by atoms with E-state index in [-0.39, 0.29) is 23.6 Å². The standard InChI is InChI=1S/C20H21ClN4O4/c1-13-9-17(27)24(2)19-18(13)20(28)25(12-23-19)11-16(26)22-7-4-8-29-15-6-3-5-14(21)10-15/h3,5-6,9-10,12H,4,7-8,11H2,1-2H3,(H,22,26). The van der Waals surface area contributed by atoms with Crippen molar-refractivity contribution in [1.29, 1.82) is 0 Å². The number of hydrogen-bond acceptors (Lipinski definition) is 5. The Hall–Kier alpha value is -3.13. The molecule has 0 bridgehead atoms. The van der Waals surface area contributed by atoms with Gasteiger partial charge in [-0.05, 0) is 37.1 Å². The number of pyridine rings is 1. The molecule has 0 atom stereocenters. The second-order valence-corrected chi connectivity index (χ2v) is 7.05. The van der Waals surface area contributed by atoms with E-state index in [0.29, 0.717) is 46.9 Å². The Balaban J connectivity index is 1.57. The van der Waals surface area contributed by atoms with Gasteiger partial charge in [0.25, 0.3) is 11.1 Å². The quantitative estimate of drug-likeness (QED) is 0.591. The summed E-state index contributed by atoms with van der Waals surface area (Å²) < 4.78 is 8.11. The molecule has 1 N–H and O–H groups in total. The van der Waals surface area contributed by atoms with Gasteiger partial charge in [0, 0.05) is 24.7 Å². The summed E-state index contributed by atoms with van der Waals surface area (Å²) in [6.45, 7) is 2.35. The number of nitrogens with zero attached hydrogens (tertiary/aromatic N) is 3. The fraction of sp³-hybridized carbons (Fsp3) is 0.300. The number of carbonyl (C=O) groups excluding carboxylic acids is 1. The lowest BCUT2D eigenvalue weighted by molar-refractivity contribution is -0.121. The SMILES string of the molecule is Cc1cc(=O)n(C)c2ncn(CC(=O)NCCCOc3cccc(Cl)c3)c(=O)c12. The highest BCUT2D eigenvalue weighted by atomic mass is 35.5. The number of carbonyl (C=O) groups is 1. The molecule has 0 unspecified atom stereocenters. The lowest BCUT2D eigenvalue weighted by atomic mass is 10.2. The molecule has 3 rings (SSSR count). The molecule has 3 aromatic rings. The lowest BCUT2D eigenvalue weighted by Gasteiger charge is -2.11. The van der Waals surface area contributed by atoms with Crippen LogP contribution in [0.4, 0.5) is 0 Å². The predicted octanol–water partition coefficient (Wildman–Crippen LogP) is 1.64. The Morgan fingerprint density at radius 2 is 2.07 bits per heavy atom. The number of fused-ring (bicyclic) bond motifs is 1. The van der Waals surface area contributed by atoms with E-state index in [1.165, 1.54) is 21.5 Å². The van der Waals surface area contributed by atoms with Gasteiger partial charge in [-0.2, -0.15) is 0 Å². The molecule has 0 fully saturated rings. The average molecular weight is 417 g/mol. The Labute approximate surface area is 171 Å². The van der Waals surface area contributed by atoms with E-state index in [0.717, 1.165) is 0 Å². The van der Waals surface area contributed by atoms with Crippen LogP contribution in [0.3, 0.4) is 0 Å². The molecular weight excluding hydrogens is 396 g/mol. The van der Waals surface area contributed by atoms with Gasteiger partial charge < -0.3 is 10.1 Å². The van der Waals surface area contributed by atoms with Crippen molar-refractivity contribution >= 4 is 28.5 Å². The summed E-state index contributed by atoms with van der Waals surface area (Å²) >= 11 is 5.89. The van der Waals surface area contributed by atoms with Gasteiger partial charge >= 0.3 is 0 Å². The van der Waals surface area contributed by atoms with E-state index < -0.39 is 0 Å². The molecular formula is C20H21ClN4O4. The Bertz CT molecular complexity index is 1170. The van der Waals surface area contributed by atoms with E-state index in [1.807, 2.05) is 0 Å². The second kappa shape index (κ2) is 8.91. The summed E-state index contributed by atoms with van der Waals surface area (Å²) in [6, 6.07) is 8.47. The molecule has 0 spiro atoms. The van der Waals surface area contributed by atoms with Gasteiger partial charge in [-0.1, -0.05) is 17.7 Å². The maximum Gasteiger partial charge on any atom is 0.263 e. The molecule has 0 saturated heterocycles. The zero-order valence-electron chi connectivity index (χ0n) is 16.1. The van der Waals surface area contributed by atoms with E-state index in [1.54, 1.807) is 38.2 Å². The number of aryl methyl sites for hydroxylation is 2. The normalized spacial score (nSPS) is 10.9. The molecule has 2 aromatic heterocycles. The van der Waals surface area contributed by atoms with Crippen LogP contribution in [0.2, 0.25) is 5.02 Å². The highest BCUT2D eigenvalue weighted by Gasteiger charge is 2.12. The third kappa shape index (κ3) is 4.83. The fourth-order valence-corrected chi connectivity index (χ4v) is 3.09. The maximum atomic E-state index is 12.7. The number of nitrogens with one attached hydrogen (secondary N) is 1. The second-order valence-electron chi connectivity index (χ2n) is 6.61. The van der Waals surface area contributed by atoms with Gasteiger partial charge in [0.15, 0.2) is 0 Å². The van der Waals surface area contributed by atoms with Crippen molar-refractivity contribution in [2.24, 2.45) is 7.05 Å². The molecule has 2 heterocycles. The van der Waals surface area contributed by atoms with Crippen molar-refractivity contribution in [2.45, 2.75) is 19.9 Å². The number of amides is 1. The third-order valence-electron chi connectivity index (χ3n) is 4.42. The monoisotopic (exact) mass is 416 g/mol. The van der Waals surface area contributed by atoms with Gasteiger partial charge in [-0.25, -0.2) is 4.98 Å². The van der Waals surface area contributed by atoms with Crippen LogP contribution in [0.5, 0.6) is 5.75 Å². The molecule has 0 radical (unpaired) electrons. The van der Waals surface area contributed by atoms with Crippen LogP contribution in [0.15, 0.2) is 46.2 Å². The van der Waals surface area contributed by atoms with Gasteiger partial charge in [-0.15, -0.1) is 0 Å². The van der Waals surface area contributed by atoms with Gasteiger partial charge in [-0.3, -0.25) is 23.5 Å². The van der Waals surface area contributed by atoms with Crippen molar-refractivity contribution in [3.05, 3.63) is 68.0 Å². The first-order valence-corrected chi connectivity index (χ1v) is 9.45. The molecule has 8 nitrogen and oxygen atoms in total. The van der Waals surface area contributed by atoms with E-state index in [9.17, 15) is 14.4 Å². The molecule has 9 heteroatoms. The van der Waals surface area contributed by atoms with Crippen LogP contribution in [0.1, 0.15) is 12.0 Å². The van der Waals surface area contributed by atoms with Crippen LogP contribution >= 0.6 is 11.6 Å². The average Bonchev–Trinajstić information content (AvgIpc) is 2.67. The van der Waals surface area contributed by atoms with Crippen molar-refractivity contribution in [3.8, 4) is 5.75 Å². The molecule has 0 aliphatic rings. The van der Waals surface area contributed by atoms with Gasteiger partial charge in [0.2, 0.25) is 5.91 Å². The van der Waals surface area contributed by atoms with Crippen LogP contribution in [-0.2, 0) is 18.4 Å². The number of aromatic nitrogens is 3. The number of ether oxygens (including phenoxy) is 1. The summed E-state index contributed by atoms with van der Waals surface area (Å²) in [5.41, 5.74) is 0.239. The lowest BCUT2D eigenvalue weighted by Crippen LogP contribution is -2.34. The summed E-state index contributed by atoms with van der Waals surface area (Å²) in [5.74, 6) is 0.362. The molecule has 0 aliphatic heterocycles. The van der Waals surface area contributed by atoms with Crippen LogP contribution < -0.4 is 21.2 Å². The van der Waals surface area contributed by atoms with Crippen LogP contribution in [-0.4, -0.2) is 33.2 Å². The first-order valence-electron chi connectivity index (χ1n) is 9.07. The van der Waals surface area contributed by atoms with Crippen molar-refractivity contribution < 1.29 is 9.53 Å². The first kappa shape index (κ1) is 20.6. The highest BCUT2D eigenvalue weighted by molar-refractivity contribution is 6.30. The van der Waals surface area contributed by atoms with Crippen LogP contribution in [0, 0.1) is 6.92 Å². The summed E-state index contributed by atoms with van der Waals surface area (Å²) in [7, 11) is 1.55. The van der Waals surface area contributed by atoms with Crippen molar-refractivity contribution in [3.63, 3.8) is 0 Å². The summed E-state index contributed by atoms with van der Waals surface area (Å²) in [5, 5.41) is 3.68. The molecule has 152 valence electrons. The molecule has 1 aromatic carbocycles. The smallest absolute Gasteiger partial charge is 0.263 e. The molecule has 29 heavy (non-hydrogen) atoms. The summed E-state index contributed by atoms with van der Waals surface area (Å²) in [4.78, 5) is 40.9. The number of benzene rings is 1. The van der Waals surface area contributed by atoms with Gasteiger partial charge in [0.05, 0.1) is 12.0 Å². The molecule has 1 amide bonds. The number of rotatable bonds is 7. The Kier molecular flexibility index (Phi) is 6.33. The molecule has 0 aliphatic carbocycles. The van der Waals surface area contributed by atoms with E-state index >= 15 is 0 Å². The minimum absolute atomic E-state index is 0.154. The minimum atomic E-state index is -0.359.